The van der Waals surface area contributed by atoms with E-state index in [1.54, 1.807) is 11.9 Å². The lowest BCUT2D eigenvalue weighted by Gasteiger charge is -2.31. The van der Waals surface area contributed by atoms with E-state index in [2.05, 4.69) is 0 Å². The Morgan fingerprint density at radius 2 is 1.68 bits per heavy atom. The smallest absolute Gasteiger partial charge is 0.410 e. The summed E-state index contributed by atoms with van der Waals surface area (Å²) in [6.07, 6.45) is 3.12. The van der Waals surface area contributed by atoms with Crippen molar-refractivity contribution in [1.29, 1.82) is 0 Å². The summed E-state index contributed by atoms with van der Waals surface area (Å²) in [6.45, 7) is 14.0. The summed E-state index contributed by atoms with van der Waals surface area (Å²) in [5.41, 5.74) is -0.974. The summed E-state index contributed by atoms with van der Waals surface area (Å²) in [7, 11) is 1.76. The Labute approximate surface area is 152 Å². The van der Waals surface area contributed by atoms with Gasteiger partial charge in [-0.2, -0.15) is 0 Å². The van der Waals surface area contributed by atoms with E-state index in [9.17, 15) is 9.59 Å². The second kappa shape index (κ2) is 8.28. The molecule has 1 rings (SSSR count). The van der Waals surface area contributed by atoms with E-state index in [0.717, 1.165) is 32.2 Å². The van der Waals surface area contributed by atoms with Gasteiger partial charge in [-0.1, -0.05) is 0 Å². The van der Waals surface area contributed by atoms with Crippen LogP contribution in [0, 0.1) is 0 Å². The number of carbonyl (C=O) groups excluding carboxylic acids is 2. The summed E-state index contributed by atoms with van der Waals surface area (Å²) < 4.78 is 10.9. The molecule has 0 aromatic heterocycles. The molecular weight excluding hydrogens is 320 g/mol. The van der Waals surface area contributed by atoms with E-state index in [4.69, 9.17) is 9.47 Å². The minimum atomic E-state index is -0.496. The maximum atomic E-state index is 12.3. The van der Waals surface area contributed by atoms with Gasteiger partial charge < -0.3 is 19.3 Å². The number of likely N-dealkylation sites (tertiary alicyclic amines) is 1. The Morgan fingerprint density at radius 3 is 2.20 bits per heavy atom. The zero-order valence-corrected chi connectivity index (χ0v) is 17.2. The largest absolute Gasteiger partial charge is 0.444 e. The molecule has 0 bridgehead atoms. The van der Waals surface area contributed by atoms with E-state index in [0.29, 0.717) is 0 Å². The standard InChI is InChI=1S/C19H36N2O4/c1-14(20(8)16(22)24-18(2,3)4)11-12-15-10-9-13-21(15)17(23)25-19(5,6)7/h14-15H,9-13H2,1-8H3. The summed E-state index contributed by atoms with van der Waals surface area (Å²) >= 11 is 0. The van der Waals surface area contributed by atoms with Gasteiger partial charge in [0.2, 0.25) is 0 Å². The Kier molecular flexibility index (Phi) is 7.15. The van der Waals surface area contributed by atoms with Crippen LogP contribution in [0.25, 0.3) is 0 Å². The Morgan fingerprint density at radius 1 is 1.12 bits per heavy atom. The molecule has 2 amide bonds. The third-order valence-electron chi connectivity index (χ3n) is 4.27. The van der Waals surface area contributed by atoms with Crippen LogP contribution in [0.15, 0.2) is 0 Å². The molecule has 1 heterocycles. The number of amides is 2. The van der Waals surface area contributed by atoms with E-state index in [-0.39, 0.29) is 24.3 Å². The molecule has 0 N–H and O–H groups in total. The highest BCUT2D eigenvalue weighted by atomic mass is 16.6. The number of ether oxygens (including phenoxy) is 2. The SMILES string of the molecule is CC(CCC1CCCN1C(=O)OC(C)(C)C)N(C)C(=O)OC(C)(C)C. The monoisotopic (exact) mass is 356 g/mol. The zero-order valence-electron chi connectivity index (χ0n) is 17.2. The normalized spacial score (nSPS) is 19.5. The summed E-state index contributed by atoms with van der Waals surface area (Å²) in [4.78, 5) is 28.0. The van der Waals surface area contributed by atoms with Gasteiger partial charge in [0, 0.05) is 25.7 Å². The average molecular weight is 357 g/mol. The quantitative estimate of drug-likeness (QED) is 0.748. The van der Waals surface area contributed by atoms with Gasteiger partial charge in [0.25, 0.3) is 0 Å². The van der Waals surface area contributed by atoms with Crippen LogP contribution in [0.3, 0.4) is 0 Å². The lowest BCUT2D eigenvalue weighted by atomic mass is 10.0. The number of hydrogen-bond acceptors (Lipinski definition) is 4. The highest BCUT2D eigenvalue weighted by Crippen LogP contribution is 2.25. The fourth-order valence-electron chi connectivity index (χ4n) is 2.84. The van der Waals surface area contributed by atoms with Gasteiger partial charge in [-0.05, 0) is 74.1 Å². The first-order valence-corrected chi connectivity index (χ1v) is 9.25. The molecule has 6 heteroatoms. The van der Waals surface area contributed by atoms with Crippen LogP contribution < -0.4 is 0 Å². The molecule has 0 aliphatic carbocycles. The first-order valence-electron chi connectivity index (χ1n) is 9.25. The Bertz CT molecular complexity index is 465. The van der Waals surface area contributed by atoms with Crippen LogP contribution in [0.1, 0.15) is 74.1 Å². The summed E-state index contributed by atoms with van der Waals surface area (Å²) in [5, 5.41) is 0. The van der Waals surface area contributed by atoms with Gasteiger partial charge in [-0.25, -0.2) is 9.59 Å². The molecule has 0 spiro atoms. The van der Waals surface area contributed by atoms with Crippen LogP contribution in [-0.2, 0) is 9.47 Å². The molecule has 0 radical (unpaired) electrons. The number of hydrogen-bond donors (Lipinski definition) is 0. The number of nitrogens with zero attached hydrogens (tertiary/aromatic N) is 2. The topological polar surface area (TPSA) is 59.1 Å². The van der Waals surface area contributed by atoms with Gasteiger partial charge in [0.05, 0.1) is 0 Å². The van der Waals surface area contributed by atoms with Crippen molar-refractivity contribution in [2.24, 2.45) is 0 Å². The molecule has 25 heavy (non-hydrogen) atoms. The molecule has 1 saturated heterocycles. The van der Waals surface area contributed by atoms with Crippen LogP contribution in [-0.4, -0.2) is 58.9 Å². The predicted molar refractivity (Wildman–Crippen MR) is 98.7 cm³/mol. The van der Waals surface area contributed by atoms with Crippen molar-refractivity contribution in [3.05, 3.63) is 0 Å². The van der Waals surface area contributed by atoms with E-state index >= 15 is 0 Å². The molecule has 1 aliphatic rings. The molecule has 0 saturated carbocycles. The second-order valence-electron chi connectivity index (χ2n) is 8.99. The zero-order chi connectivity index (χ0) is 19.4. The van der Waals surface area contributed by atoms with Gasteiger partial charge in [-0.3, -0.25) is 0 Å². The number of rotatable bonds is 4. The van der Waals surface area contributed by atoms with Crippen molar-refractivity contribution in [3.8, 4) is 0 Å². The fraction of sp³-hybridized carbons (Fsp3) is 0.895. The minimum absolute atomic E-state index is 0.0518. The third kappa shape index (κ3) is 7.53. The lowest BCUT2D eigenvalue weighted by Crippen LogP contribution is -2.42. The maximum absolute atomic E-state index is 12.3. The van der Waals surface area contributed by atoms with Crippen molar-refractivity contribution < 1.29 is 19.1 Å². The molecule has 2 unspecified atom stereocenters. The first-order chi connectivity index (χ1) is 11.3. The van der Waals surface area contributed by atoms with E-state index in [1.807, 2.05) is 53.4 Å². The average Bonchev–Trinajstić information content (AvgIpc) is 2.88. The van der Waals surface area contributed by atoms with Crippen molar-refractivity contribution >= 4 is 12.2 Å². The van der Waals surface area contributed by atoms with Crippen molar-refractivity contribution in [2.45, 2.75) is 97.4 Å². The predicted octanol–water partition coefficient (Wildman–Crippen LogP) is 4.42. The molecule has 2 atom stereocenters. The molecule has 0 aromatic rings. The maximum Gasteiger partial charge on any atom is 0.410 e. The first kappa shape index (κ1) is 21.6. The molecule has 1 aliphatic heterocycles. The van der Waals surface area contributed by atoms with Crippen LogP contribution >= 0.6 is 0 Å². The highest BCUT2D eigenvalue weighted by Gasteiger charge is 2.32. The third-order valence-corrected chi connectivity index (χ3v) is 4.27. The second-order valence-corrected chi connectivity index (χ2v) is 8.99. The molecular formula is C19H36N2O4. The van der Waals surface area contributed by atoms with E-state index < -0.39 is 11.2 Å². The van der Waals surface area contributed by atoms with Crippen molar-refractivity contribution in [3.63, 3.8) is 0 Å². The summed E-state index contributed by atoms with van der Waals surface area (Å²) in [5.74, 6) is 0. The molecule has 146 valence electrons. The van der Waals surface area contributed by atoms with Gasteiger partial charge >= 0.3 is 12.2 Å². The Hall–Kier alpha value is -1.46. The van der Waals surface area contributed by atoms with Crippen molar-refractivity contribution in [1.82, 2.24) is 9.80 Å². The molecule has 1 fully saturated rings. The van der Waals surface area contributed by atoms with Crippen LogP contribution in [0.5, 0.6) is 0 Å². The highest BCUT2D eigenvalue weighted by molar-refractivity contribution is 5.69. The fourth-order valence-corrected chi connectivity index (χ4v) is 2.84. The Balaban J connectivity index is 2.52. The van der Waals surface area contributed by atoms with Gasteiger partial charge in [0.1, 0.15) is 11.2 Å². The molecule has 0 aromatic carbocycles. The van der Waals surface area contributed by atoms with Gasteiger partial charge in [-0.15, -0.1) is 0 Å². The van der Waals surface area contributed by atoms with Gasteiger partial charge in [0.15, 0.2) is 0 Å². The summed E-state index contributed by atoms with van der Waals surface area (Å²) in [6, 6.07) is 0.236. The number of carbonyl (C=O) groups is 2. The van der Waals surface area contributed by atoms with Crippen LogP contribution in [0.4, 0.5) is 9.59 Å². The lowest BCUT2D eigenvalue weighted by molar-refractivity contribution is 0.0169. The van der Waals surface area contributed by atoms with E-state index in [1.165, 1.54) is 0 Å². The molecule has 6 nitrogen and oxygen atoms in total. The van der Waals surface area contributed by atoms with Crippen LogP contribution in [0.2, 0.25) is 0 Å². The minimum Gasteiger partial charge on any atom is -0.444 e. The van der Waals surface area contributed by atoms with Crippen molar-refractivity contribution in [2.75, 3.05) is 13.6 Å².